The predicted octanol–water partition coefficient (Wildman–Crippen LogP) is 1.21. The van der Waals surface area contributed by atoms with E-state index < -0.39 is 6.10 Å². The highest BCUT2D eigenvalue weighted by Gasteiger charge is 2.26. The summed E-state index contributed by atoms with van der Waals surface area (Å²) in [6.07, 6.45) is 3.37. The third-order valence-electron chi connectivity index (χ3n) is 3.18. The SMILES string of the molecule is Cc1nccc(C(O)C2CC(C)CCN2)n1. The molecule has 2 heterocycles. The molecular weight excluding hydrogens is 202 g/mol. The molecule has 0 bridgehead atoms. The molecule has 1 aliphatic heterocycles. The van der Waals surface area contributed by atoms with E-state index in [0.29, 0.717) is 11.7 Å². The molecule has 1 aromatic rings. The van der Waals surface area contributed by atoms with E-state index in [-0.39, 0.29) is 6.04 Å². The summed E-state index contributed by atoms with van der Waals surface area (Å²) in [7, 11) is 0. The third kappa shape index (κ3) is 2.57. The van der Waals surface area contributed by atoms with Crippen LogP contribution in [-0.4, -0.2) is 27.7 Å². The number of piperidine rings is 1. The normalized spacial score (nSPS) is 27.7. The molecule has 1 saturated heterocycles. The summed E-state index contributed by atoms with van der Waals surface area (Å²) in [6.45, 7) is 5.05. The third-order valence-corrected chi connectivity index (χ3v) is 3.18. The first kappa shape index (κ1) is 11.5. The van der Waals surface area contributed by atoms with Gasteiger partial charge in [-0.1, -0.05) is 6.92 Å². The van der Waals surface area contributed by atoms with Gasteiger partial charge in [-0.15, -0.1) is 0 Å². The standard InChI is InChI=1S/C12H19N3O/c1-8-3-5-14-11(7-8)12(16)10-4-6-13-9(2)15-10/h4,6,8,11-12,14,16H,3,5,7H2,1-2H3. The Morgan fingerprint density at radius 1 is 1.56 bits per heavy atom. The Kier molecular flexibility index (Phi) is 3.51. The van der Waals surface area contributed by atoms with E-state index >= 15 is 0 Å². The molecular formula is C12H19N3O. The quantitative estimate of drug-likeness (QED) is 0.788. The van der Waals surface area contributed by atoms with Gasteiger partial charge in [-0.3, -0.25) is 0 Å². The van der Waals surface area contributed by atoms with Gasteiger partial charge in [0.25, 0.3) is 0 Å². The second-order valence-corrected chi connectivity index (χ2v) is 4.66. The number of hydrogen-bond acceptors (Lipinski definition) is 4. The highest BCUT2D eigenvalue weighted by atomic mass is 16.3. The molecule has 0 aromatic carbocycles. The molecule has 4 heteroatoms. The van der Waals surface area contributed by atoms with Crippen molar-refractivity contribution >= 4 is 0 Å². The summed E-state index contributed by atoms with van der Waals surface area (Å²) in [5, 5.41) is 13.6. The fourth-order valence-corrected chi connectivity index (χ4v) is 2.24. The lowest BCUT2D eigenvalue weighted by Crippen LogP contribution is -2.41. The average Bonchev–Trinajstić information content (AvgIpc) is 2.28. The average molecular weight is 221 g/mol. The molecule has 1 aliphatic rings. The molecule has 1 fully saturated rings. The molecule has 0 aliphatic carbocycles. The van der Waals surface area contributed by atoms with Crippen molar-refractivity contribution in [2.75, 3.05) is 6.54 Å². The van der Waals surface area contributed by atoms with Crippen molar-refractivity contribution in [3.8, 4) is 0 Å². The van der Waals surface area contributed by atoms with Gasteiger partial charge in [0.15, 0.2) is 0 Å². The smallest absolute Gasteiger partial charge is 0.125 e. The molecule has 2 rings (SSSR count). The maximum Gasteiger partial charge on any atom is 0.125 e. The van der Waals surface area contributed by atoms with Crippen molar-refractivity contribution in [2.24, 2.45) is 5.92 Å². The molecule has 0 spiro atoms. The van der Waals surface area contributed by atoms with Gasteiger partial charge < -0.3 is 10.4 Å². The Hall–Kier alpha value is -1.00. The molecule has 3 unspecified atom stereocenters. The van der Waals surface area contributed by atoms with E-state index in [1.807, 2.05) is 6.92 Å². The number of rotatable bonds is 2. The van der Waals surface area contributed by atoms with Crippen LogP contribution in [0, 0.1) is 12.8 Å². The minimum absolute atomic E-state index is 0.123. The maximum absolute atomic E-state index is 10.2. The predicted molar refractivity (Wildman–Crippen MR) is 61.9 cm³/mol. The van der Waals surface area contributed by atoms with Crippen LogP contribution in [-0.2, 0) is 0 Å². The molecule has 0 radical (unpaired) electrons. The first-order valence-corrected chi connectivity index (χ1v) is 5.88. The van der Waals surface area contributed by atoms with Gasteiger partial charge in [0.05, 0.1) is 5.69 Å². The van der Waals surface area contributed by atoms with Gasteiger partial charge in [-0.2, -0.15) is 0 Å². The van der Waals surface area contributed by atoms with Crippen molar-refractivity contribution in [2.45, 2.75) is 38.8 Å². The van der Waals surface area contributed by atoms with Gasteiger partial charge >= 0.3 is 0 Å². The first-order chi connectivity index (χ1) is 7.66. The summed E-state index contributed by atoms with van der Waals surface area (Å²) < 4.78 is 0. The largest absolute Gasteiger partial charge is 0.385 e. The molecule has 3 atom stereocenters. The Labute approximate surface area is 96.1 Å². The fourth-order valence-electron chi connectivity index (χ4n) is 2.24. The van der Waals surface area contributed by atoms with Crippen LogP contribution >= 0.6 is 0 Å². The lowest BCUT2D eigenvalue weighted by Gasteiger charge is -2.31. The molecule has 16 heavy (non-hydrogen) atoms. The number of hydrogen-bond donors (Lipinski definition) is 2. The van der Waals surface area contributed by atoms with Crippen LogP contribution in [0.5, 0.6) is 0 Å². The Bertz CT molecular complexity index is 356. The van der Waals surface area contributed by atoms with Crippen molar-refractivity contribution in [3.63, 3.8) is 0 Å². The Balaban J connectivity index is 2.09. The van der Waals surface area contributed by atoms with E-state index in [9.17, 15) is 5.11 Å². The summed E-state index contributed by atoms with van der Waals surface area (Å²) >= 11 is 0. The summed E-state index contributed by atoms with van der Waals surface area (Å²) in [4.78, 5) is 8.31. The molecule has 4 nitrogen and oxygen atoms in total. The zero-order valence-electron chi connectivity index (χ0n) is 9.85. The van der Waals surface area contributed by atoms with Crippen molar-refractivity contribution in [3.05, 3.63) is 23.8 Å². The van der Waals surface area contributed by atoms with Crippen LogP contribution in [0.4, 0.5) is 0 Å². The molecule has 0 amide bonds. The van der Waals surface area contributed by atoms with E-state index in [1.54, 1.807) is 12.3 Å². The number of aliphatic hydroxyl groups is 1. The zero-order chi connectivity index (χ0) is 11.5. The van der Waals surface area contributed by atoms with Crippen molar-refractivity contribution in [1.29, 1.82) is 0 Å². The van der Waals surface area contributed by atoms with Gasteiger partial charge in [0.1, 0.15) is 11.9 Å². The second-order valence-electron chi connectivity index (χ2n) is 4.66. The number of aryl methyl sites for hydroxylation is 1. The minimum Gasteiger partial charge on any atom is -0.385 e. The number of nitrogens with zero attached hydrogens (tertiary/aromatic N) is 2. The molecule has 2 N–H and O–H groups in total. The van der Waals surface area contributed by atoms with E-state index in [4.69, 9.17) is 0 Å². The first-order valence-electron chi connectivity index (χ1n) is 5.88. The van der Waals surface area contributed by atoms with Crippen molar-refractivity contribution < 1.29 is 5.11 Å². The number of aliphatic hydroxyl groups excluding tert-OH is 1. The summed E-state index contributed by atoms with van der Waals surface area (Å²) in [5.41, 5.74) is 0.721. The molecule has 88 valence electrons. The van der Waals surface area contributed by atoms with Crippen LogP contribution in [0.3, 0.4) is 0 Å². The lowest BCUT2D eigenvalue weighted by atomic mass is 9.90. The van der Waals surface area contributed by atoms with Crippen LogP contribution in [0.2, 0.25) is 0 Å². The van der Waals surface area contributed by atoms with Gasteiger partial charge in [0.2, 0.25) is 0 Å². The number of nitrogens with one attached hydrogen (secondary N) is 1. The van der Waals surface area contributed by atoms with Crippen LogP contribution in [0.15, 0.2) is 12.3 Å². The highest BCUT2D eigenvalue weighted by molar-refractivity contribution is 5.08. The van der Waals surface area contributed by atoms with Crippen molar-refractivity contribution in [1.82, 2.24) is 15.3 Å². The number of aromatic nitrogens is 2. The Morgan fingerprint density at radius 2 is 2.38 bits per heavy atom. The monoisotopic (exact) mass is 221 g/mol. The highest BCUT2D eigenvalue weighted by Crippen LogP contribution is 2.24. The zero-order valence-corrected chi connectivity index (χ0v) is 9.85. The summed E-state index contributed by atoms with van der Waals surface area (Å²) in [5.74, 6) is 1.38. The van der Waals surface area contributed by atoms with E-state index in [2.05, 4.69) is 22.2 Å². The Morgan fingerprint density at radius 3 is 3.06 bits per heavy atom. The van der Waals surface area contributed by atoms with E-state index in [1.165, 1.54) is 6.42 Å². The van der Waals surface area contributed by atoms with E-state index in [0.717, 1.165) is 18.7 Å². The lowest BCUT2D eigenvalue weighted by molar-refractivity contribution is 0.0975. The summed E-state index contributed by atoms with van der Waals surface area (Å²) in [6, 6.07) is 1.91. The topological polar surface area (TPSA) is 58.0 Å². The van der Waals surface area contributed by atoms with Crippen LogP contribution < -0.4 is 5.32 Å². The van der Waals surface area contributed by atoms with Crippen LogP contribution in [0.25, 0.3) is 0 Å². The minimum atomic E-state index is -0.524. The maximum atomic E-state index is 10.2. The molecule has 0 saturated carbocycles. The molecule has 1 aromatic heterocycles. The van der Waals surface area contributed by atoms with Crippen LogP contribution in [0.1, 0.15) is 37.4 Å². The van der Waals surface area contributed by atoms with Gasteiger partial charge in [0, 0.05) is 12.2 Å². The van der Waals surface area contributed by atoms with Gasteiger partial charge in [-0.05, 0) is 38.3 Å². The second kappa shape index (κ2) is 4.89. The fraction of sp³-hybridized carbons (Fsp3) is 0.667. The van der Waals surface area contributed by atoms with Gasteiger partial charge in [-0.25, -0.2) is 9.97 Å².